The molecule has 0 aliphatic heterocycles. The molecular weight excluding hydrogens is 328 g/mol. The van der Waals surface area contributed by atoms with Crippen LogP contribution in [0.3, 0.4) is 0 Å². The molecule has 1 atom stereocenters. The van der Waals surface area contributed by atoms with E-state index in [1.807, 2.05) is 6.92 Å². The van der Waals surface area contributed by atoms with Gasteiger partial charge in [-0.3, -0.25) is 9.79 Å². The maximum absolute atomic E-state index is 11.9. The first-order valence-electron chi connectivity index (χ1n) is 10.5. The summed E-state index contributed by atoms with van der Waals surface area (Å²) in [6, 6.07) is 0. The molecule has 1 aliphatic rings. The first kappa shape index (κ1) is 22.7. The molecule has 6 nitrogen and oxygen atoms in total. The van der Waals surface area contributed by atoms with Crippen molar-refractivity contribution < 1.29 is 9.53 Å². The lowest BCUT2D eigenvalue weighted by atomic mass is 10.0. The highest BCUT2D eigenvalue weighted by Crippen LogP contribution is 2.27. The number of rotatable bonds is 12. The topological polar surface area (TPSA) is 74.8 Å². The van der Waals surface area contributed by atoms with Gasteiger partial charge < -0.3 is 20.7 Å². The number of hydrogen-bond donors (Lipinski definition) is 3. The number of nitrogens with one attached hydrogen (secondary N) is 3. The van der Waals surface area contributed by atoms with Crippen molar-refractivity contribution in [2.75, 3.05) is 32.8 Å². The molecule has 1 aliphatic carbocycles. The fourth-order valence-electron chi connectivity index (χ4n) is 3.40. The molecule has 6 heteroatoms. The van der Waals surface area contributed by atoms with Crippen molar-refractivity contribution in [1.29, 1.82) is 0 Å². The van der Waals surface area contributed by atoms with Crippen LogP contribution in [-0.2, 0) is 9.53 Å². The third kappa shape index (κ3) is 10.00. The Kier molecular flexibility index (Phi) is 12.1. The monoisotopic (exact) mass is 368 g/mol. The molecular formula is C20H40N4O2. The summed E-state index contributed by atoms with van der Waals surface area (Å²) in [5, 5.41) is 9.55. The van der Waals surface area contributed by atoms with Crippen LogP contribution < -0.4 is 16.0 Å². The van der Waals surface area contributed by atoms with E-state index in [0.29, 0.717) is 31.3 Å². The van der Waals surface area contributed by atoms with Crippen LogP contribution in [0.25, 0.3) is 0 Å². The van der Waals surface area contributed by atoms with Gasteiger partial charge in [-0.1, -0.05) is 26.7 Å². The van der Waals surface area contributed by atoms with E-state index in [1.165, 1.54) is 25.7 Å². The van der Waals surface area contributed by atoms with Gasteiger partial charge in [0.15, 0.2) is 5.96 Å². The molecule has 1 amide bonds. The Bertz CT molecular complexity index is 407. The van der Waals surface area contributed by atoms with Gasteiger partial charge in [0.1, 0.15) is 0 Å². The van der Waals surface area contributed by atoms with Crippen LogP contribution in [0.4, 0.5) is 0 Å². The summed E-state index contributed by atoms with van der Waals surface area (Å²) in [5.41, 5.74) is 0. The summed E-state index contributed by atoms with van der Waals surface area (Å²) in [6.07, 6.45) is 6.83. The predicted molar refractivity (Wildman–Crippen MR) is 108 cm³/mol. The van der Waals surface area contributed by atoms with Crippen molar-refractivity contribution in [2.45, 2.75) is 72.3 Å². The maximum atomic E-state index is 11.9. The van der Waals surface area contributed by atoms with Crippen molar-refractivity contribution >= 4 is 11.9 Å². The summed E-state index contributed by atoms with van der Waals surface area (Å²) in [5.74, 6) is 2.07. The largest absolute Gasteiger partial charge is 0.378 e. The number of guanidine groups is 1. The van der Waals surface area contributed by atoms with Crippen molar-refractivity contribution in [3.05, 3.63) is 0 Å². The minimum absolute atomic E-state index is 0.178. The first-order valence-corrected chi connectivity index (χ1v) is 10.5. The fraction of sp³-hybridized carbons (Fsp3) is 0.900. The molecule has 0 heterocycles. The Labute approximate surface area is 159 Å². The zero-order chi connectivity index (χ0) is 19.2. The van der Waals surface area contributed by atoms with Gasteiger partial charge >= 0.3 is 0 Å². The quantitative estimate of drug-likeness (QED) is 0.281. The maximum Gasteiger partial charge on any atom is 0.220 e. The van der Waals surface area contributed by atoms with Gasteiger partial charge in [0.2, 0.25) is 5.91 Å². The van der Waals surface area contributed by atoms with E-state index in [0.717, 1.165) is 32.1 Å². The summed E-state index contributed by atoms with van der Waals surface area (Å²) in [4.78, 5) is 16.6. The van der Waals surface area contributed by atoms with Crippen molar-refractivity contribution in [3.63, 3.8) is 0 Å². The third-order valence-corrected chi connectivity index (χ3v) is 4.84. The van der Waals surface area contributed by atoms with Gasteiger partial charge in [0.05, 0.1) is 6.10 Å². The van der Waals surface area contributed by atoms with E-state index < -0.39 is 0 Å². The average molecular weight is 369 g/mol. The zero-order valence-corrected chi connectivity index (χ0v) is 17.3. The molecule has 3 N–H and O–H groups in total. The minimum Gasteiger partial charge on any atom is -0.378 e. The number of carbonyl (C=O) groups is 1. The van der Waals surface area contributed by atoms with Gasteiger partial charge in [-0.25, -0.2) is 0 Å². The number of nitrogens with zero attached hydrogens (tertiary/aromatic N) is 1. The Hall–Kier alpha value is -1.30. The Balaban J connectivity index is 2.24. The SMILES string of the molecule is CCNC(=NCCC(OCC)C(C)C)NCCNC(=O)CC1CCCC1. The van der Waals surface area contributed by atoms with Crippen molar-refractivity contribution in [3.8, 4) is 0 Å². The number of hydrogen-bond acceptors (Lipinski definition) is 3. The van der Waals surface area contributed by atoms with Gasteiger partial charge in [-0.15, -0.1) is 0 Å². The average Bonchev–Trinajstić information content (AvgIpc) is 3.10. The van der Waals surface area contributed by atoms with Crippen LogP contribution >= 0.6 is 0 Å². The van der Waals surface area contributed by atoms with Gasteiger partial charge in [-0.05, 0) is 44.9 Å². The fourth-order valence-corrected chi connectivity index (χ4v) is 3.40. The number of carbonyl (C=O) groups excluding carboxylic acids is 1. The molecule has 0 saturated heterocycles. The molecule has 0 radical (unpaired) electrons. The Morgan fingerprint density at radius 3 is 2.42 bits per heavy atom. The predicted octanol–water partition coefficient (Wildman–Crippen LogP) is 2.69. The third-order valence-electron chi connectivity index (χ3n) is 4.84. The molecule has 1 fully saturated rings. The summed E-state index contributed by atoms with van der Waals surface area (Å²) in [6.45, 7) is 12.0. The van der Waals surface area contributed by atoms with E-state index in [4.69, 9.17) is 4.74 Å². The second-order valence-corrected chi connectivity index (χ2v) is 7.42. The molecule has 0 aromatic rings. The molecule has 1 unspecified atom stereocenters. The lowest BCUT2D eigenvalue weighted by Gasteiger charge is -2.20. The van der Waals surface area contributed by atoms with Gasteiger partial charge in [0.25, 0.3) is 0 Å². The summed E-state index contributed by atoms with van der Waals surface area (Å²) in [7, 11) is 0. The lowest BCUT2D eigenvalue weighted by Crippen LogP contribution is -2.41. The van der Waals surface area contributed by atoms with Crippen LogP contribution in [0.1, 0.15) is 66.2 Å². The molecule has 0 aromatic carbocycles. The summed E-state index contributed by atoms with van der Waals surface area (Å²) < 4.78 is 5.77. The van der Waals surface area contributed by atoms with E-state index in [2.05, 4.69) is 41.7 Å². The zero-order valence-electron chi connectivity index (χ0n) is 17.3. The molecule has 0 aromatic heterocycles. The number of ether oxygens (including phenoxy) is 1. The highest BCUT2D eigenvalue weighted by atomic mass is 16.5. The minimum atomic E-state index is 0.178. The van der Waals surface area contributed by atoms with E-state index in [-0.39, 0.29) is 12.0 Å². The standard InChI is InChI=1S/C20H40N4O2/c1-5-21-20(23-12-11-18(16(3)4)26-6-2)24-14-13-22-19(25)15-17-9-7-8-10-17/h16-18H,5-15H2,1-4H3,(H,22,25)(H2,21,23,24). The molecule has 1 saturated carbocycles. The number of aliphatic imine (C=N–C) groups is 1. The second kappa shape index (κ2) is 13.8. The summed E-state index contributed by atoms with van der Waals surface area (Å²) >= 11 is 0. The molecule has 1 rings (SSSR count). The Morgan fingerprint density at radius 2 is 1.81 bits per heavy atom. The highest BCUT2D eigenvalue weighted by Gasteiger charge is 2.18. The Morgan fingerprint density at radius 1 is 1.12 bits per heavy atom. The van der Waals surface area contributed by atoms with Crippen LogP contribution in [0.15, 0.2) is 4.99 Å². The first-order chi connectivity index (χ1) is 12.6. The molecule has 0 spiro atoms. The second-order valence-electron chi connectivity index (χ2n) is 7.42. The van der Waals surface area contributed by atoms with E-state index in [9.17, 15) is 4.79 Å². The van der Waals surface area contributed by atoms with Crippen LogP contribution in [0.5, 0.6) is 0 Å². The van der Waals surface area contributed by atoms with E-state index in [1.54, 1.807) is 0 Å². The van der Waals surface area contributed by atoms with Crippen LogP contribution in [0, 0.1) is 11.8 Å². The molecule has 26 heavy (non-hydrogen) atoms. The van der Waals surface area contributed by atoms with Crippen LogP contribution in [-0.4, -0.2) is 50.8 Å². The van der Waals surface area contributed by atoms with Crippen LogP contribution in [0.2, 0.25) is 0 Å². The molecule has 152 valence electrons. The van der Waals surface area contributed by atoms with E-state index >= 15 is 0 Å². The highest BCUT2D eigenvalue weighted by molar-refractivity contribution is 5.80. The smallest absolute Gasteiger partial charge is 0.220 e. The van der Waals surface area contributed by atoms with Crippen molar-refractivity contribution in [2.24, 2.45) is 16.8 Å². The van der Waals surface area contributed by atoms with Gasteiger partial charge in [-0.2, -0.15) is 0 Å². The number of amides is 1. The van der Waals surface area contributed by atoms with Crippen molar-refractivity contribution in [1.82, 2.24) is 16.0 Å². The normalized spacial score (nSPS) is 16.7. The molecule has 0 bridgehead atoms. The van der Waals surface area contributed by atoms with Gasteiger partial charge in [0, 0.05) is 39.2 Å². The lowest BCUT2D eigenvalue weighted by molar-refractivity contribution is -0.121.